The van der Waals surface area contributed by atoms with E-state index in [1.807, 2.05) is 0 Å². The maximum absolute atomic E-state index is 3.77. The Morgan fingerprint density at radius 2 is 3.00 bits per heavy atom. The van der Waals surface area contributed by atoms with Gasteiger partial charge in [0, 0.05) is 0 Å². The monoisotopic (exact) mass is 84.0 g/mol. The molecule has 0 aliphatic carbocycles. The molecule has 1 nitrogen and oxygen atoms in total. The minimum absolute atomic E-state index is 0.877. The zero-order valence-corrected chi connectivity index (χ0v) is 3.57. The molecule has 1 aliphatic heterocycles. The van der Waals surface area contributed by atoms with Gasteiger partial charge in [-0.25, -0.2) is 0 Å². The van der Waals surface area contributed by atoms with Gasteiger partial charge in [-0.15, -0.1) is 0 Å². The molecule has 0 saturated carbocycles. The molecule has 0 spiro atoms. The molecule has 1 rings (SSSR count). The molecule has 0 amide bonds. The lowest BCUT2D eigenvalue weighted by molar-refractivity contribution is 1.38. The van der Waals surface area contributed by atoms with E-state index < -0.39 is 0 Å². The summed E-state index contributed by atoms with van der Waals surface area (Å²) in [5.41, 5.74) is 0. The van der Waals surface area contributed by atoms with Crippen LogP contribution in [0.1, 0.15) is 0 Å². The summed E-state index contributed by atoms with van der Waals surface area (Å²) < 4.78 is 0. The summed E-state index contributed by atoms with van der Waals surface area (Å²) in [4.78, 5) is 3.77. The van der Waals surface area contributed by atoms with Gasteiger partial charge >= 0.3 is 0 Å². The molecule has 1 aliphatic rings. The predicted octanol–water partition coefficient (Wildman–Crippen LogP) is 0.654. The molecule has 0 bridgehead atoms. The van der Waals surface area contributed by atoms with E-state index in [-0.39, 0.29) is 0 Å². The summed E-state index contributed by atoms with van der Waals surface area (Å²) in [5, 5.41) is 0. The zero-order chi connectivity index (χ0) is 3.54. The highest BCUT2D eigenvalue weighted by atomic mass is 31.1. The van der Waals surface area contributed by atoms with Crippen LogP contribution in [-0.4, -0.2) is 18.3 Å². The average Bonchev–Trinajstić information content (AvgIpc) is 1.76. The summed E-state index contributed by atoms with van der Waals surface area (Å²) >= 11 is 0. The van der Waals surface area contributed by atoms with Gasteiger partial charge in [0.25, 0.3) is 0 Å². The maximum atomic E-state index is 3.77. The van der Waals surface area contributed by atoms with Gasteiger partial charge in [0.2, 0.25) is 0 Å². The second-order valence-corrected chi connectivity index (χ2v) is 1.58. The Morgan fingerprint density at radius 3 is 3.20 bits per heavy atom. The van der Waals surface area contributed by atoms with E-state index in [0.717, 1.165) is 14.7 Å². The molecule has 0 atom stereocenters. The number of aliphatic imine (C=N–C) groups is 1. The van der Waals surface area contributed by atoms with Crippen molar-refractivity contribution in [1.82, 2.24) is 0 Å². The van der Waals surface area contributed by atoms with Crippen LogP contribution in [0.2, 0.25) is 0 Å². The van der Waals surface area contributed by atoms with Gasteiger partial charge < -0.3 is 0 Å². The first-order chi connectivity index (χ1) is 2.50. The van der Waals surface area contributed by atoms with Crippen molar-refractivity contribution in [2.45, 2.75) is 0 Å². The average molecular weight is 84.0 g/mol. The van der Waals surface area contributed by atoms with Crippen molar-refractivity contribution >= 4 is 20.0 Å². The molecule has 0 saturated heterocycles. The fraction of sp³-hybridized carbons (Fsp3) is 0.333. The van der Waals surface area contributed by atoms with Gasteiger partial charge in [-0.3, -0.25) is 4.99 Å². The van der Waals surface area contributed by atoms with Gasteiger partial charge in [0.15, 0.2) is 0 Å². The van der Waals surface area contributed by atoms with Crippen molar-refractivity contribution in [2.24, 2.45) is 4.99 Å². The van der Waals surface area contributed by atoms with Crippen molar-refractivity contribution < 1.29 is 0 Å². The molecule has 0 aromatic heterocycles. The number of hydrogen-bond acceptors (Lipinski definition) is 1. The molecule has 5 heavy (non-hydrogen) atoms. The zero-order valence-electron chi connectivity index (χ0n) is 2.68. The summed E-state index contributed by atoms with van der Waals surface area (Å²) in [7, 11) is 1.15. The minimum atomic E-state index is 0.877. The SMILES string of the molecule is [C]1=NCC=P1. The minimum Gasteiger partial charge on any atom is -0.273 e. The summed E-state index contributed by atoms with van der Waals surface area (Å²) in [5.74, 6) is 4.82. The third-order valence-electron chi connectivity index (χ3n) is 0.393. The third kappa shape index (κ3) is 0.555. The molecular weight excluding hydrogens is 81.0 g/mol. The van der Waals surface area contributed by atoms with Crippen LogP contribution < -0.4 is 0 Å². The van der Waals surface area contributed by atoms with Crippen molar-refractivity contribution in [1.29, 1.82) is 0 Å². The van der Waals surface area contributed by atoms with E-state index in [1.54, 1.807) is 0 Å². The van der Waals surface area contributed by atoms with Gasteiger partial charge in [-0.1, -0.05) is 0 Å². The first-order valence-electron chi connectivity index (χ1n) is 1.43. The van der Waals surface area contributed by atoms with Gasteiger partial charge in [0.1, 0.15) is 5.96 Å². The Kier molecular flexibility index (Phi) is 0.806. The molecule has 0 N–H and O–H groups in total. The molecule has 0 fully saturated rings. The van der Waals surface area contributed by atoms with Gasteiger partial charge in [-0.2, -0.15) is 0 Å². The van der Waals surface area contributed by atoms with E-state index in [0.29, 0.717) is 0 Å². The fourth-order valence-electron chi connectivity index (χ4n) is 0.204. The van der Waals surface area contributed by atoms with Crippen LogP contribution in [0.25, 0.3) is 0 Å². The highest BCUT2D eigenvalue weighted by molar-refractivity contribution is 7.55. The first-order valence-corrected chi connectivity index (χ1v) is 2.39. The highest BCUT2D eigenvalue weighted by Crippen LogP contribution is 1.91. The van der Waals surface area contributed by atoms with Gasteiger partial charge in [-0.05, 0) is 14.0 Å². The molecule has 2 heteroatoms. The van der Waals surface area contributed by atoms with Crippen molar-refractivity contribution in [3.8, 4) is 0 Å². The van der Waals surface area contributed by atoms with E-state index in [9.17, 15) is 0 Å². The number of hydrogen-bond donors (Lipinski definition) is 0. The van der Waals surface area contributed by atoms with Crippen LogP contribution in [0.3, 0.4) is 0 Å². The Hall–Kier alpha value is -0.160. The van der Waals surface area contributed by atoms with Crippen LogP contribution in [-0.2, 0) is 0 Å². The van der Waals surface area contributed by atoms with Crippen molar-refractivity contribution in [3.63, 3.8) is 0 Å². The van der Waals surface area contributed by atoms with Gasteiger partial charge in [0.05, 0.1) is 6.54 Å². The van der Waals surface area contributed by atoms with Crippen LogP contribution in [0.15, 0.2) is 4.99 Å². The lowest BCUT2D eigenvalue weighted by Crippen LogP contribution is -1.64. The standard InChI is InChI=1S/C3H3NP/c1-2-5-3-4-1/h2H,1H2. The van der Waals surface area contributed by atoms with E-state index >= 15 is 0 Å². The quantitative estimate of drug-likeness (QED) is 0.382. The Balaban J connectivity index is 2.61. The fourth-order valence-corrected chi connectivity index (χ4v) is 0.612. The Labute approximate surface area is 32.5 Å². The van der Waals surface area contributed by atoms with Crippen LogP contribution in [0, 0.1) is 0 Å². The van der Waals surface area contributed by atoms with Crippen molar-refractivity contribution in [3.05, 3.63) is 0 Å². The first kappa shape index (κ1) is 3.05. The summed E-state index contributed by atoms with van der Waals surface area (Å²) in [6.07, 6.45) is 0. The van der Waals surface area contributed by atoms with E-state index in [1.165, 1.54) is 0 Å². The molecule has 0 unspecified atom stereocenters. The normalized spacial score (nSPS) is 20.8. The molecule has 25 valence electrons. The van der Waals surface area contributed by atoms with E-state index in [4.69, 9.17) is 0 Å². The molecule has 1 radical (unpaired) electrons. The molecule has 0 aromatic carbocycles. The predicted molar refractivity (Wildman–Crippen MR) is 25.3 cm³/mol. The highest BCUT2D eigenvalue weighted by Gasteiger charge is 1.75. The second kappa shape index (κ2) is 1.32. The molecular formula is C3H3NP. The molecule has 0 aromatic rings. The van der Waals surface area contributed by atoms with Crippen LogP contribution >= 0.6 is 8.20 Å². The largest absolute Gasteiger partial charge is 0.273 e. The third-order valence-corrected chi connectivity index (χ3v) is 0.995. The van der Waals surface area contributed by atoms with Crippen LogP contribution in [0.5, 0.6) is 0 Å². The number of rotatable bonds is 0. The number of nitrogens with zero attached hydrogens (tertiary/aromatic N) is 1. The van der Waals surface area contributed by atoms with E-state index in [2.05, 4.69) is 16.7 Å². The van der Waals surface area contributed by atoms with Crippen molar-refractivity contribution in [2.75, 3.05) is 6.54 Å². The Bertz CT molecular complexity index is 65.0. The lowest BCUT2D eigenvalue weighted by atomic mass is 10.8. The molecule has 1 heterocycles. The topological polar surface area (TPSA) is 12.4 Å². The summed E-state index contributed by atoms with van der Waals surface area (Å²) in [6.45, 7) is 0.877. The lowest BCUT2D eigenvalue weighted by Gasteiger charge is -1.58. The maximum Gasteiger partial charge on any atom is 0.114 e. The second-order valence-electron chi connectivity index (χ2n) is 0.752. The summed E-state index contributed by atoms with van der Waals surface area (Å²) in [6, 6.07) is 0. The van der Waals surface area contributed by atoms with Crippen LogP contribution in [0.4, 0.5) is 0 Å². The smallest absolute Gasteiger partial charge is 0.114 e. The Morgan fingerprint density at radius 1 is 2.00 bits per heavy atom.